The predicted octanol–water partition coefficient (Wildman–Crippen LogP) is 0.690. The summed E-state index contributed by atoms with van der Waals surface area (Å²) in [5.74, 6) is -1.53. The van der Waals surface area contributed by atoms with Crippen LogP contribution in [0.1, 0.15) is 27.7 Å². The molecule has 0 fully saturated rings. The first-order chi connectivity index (χ1) is 8.73. The molecule has 0 unspecified atom stereocenters. The Balaban J connectivity index is 4.24. The van der Waals surface area contributed by atoms with E-state index in [9.17, 15) is 14.4 Å². The van der Waals surface area contributed by atoms with Crippen molar-refractivity contribution in [2.75, 3.05) is 19.8 Å². The molecule has 0 aliphatic rings. The minimum Gasteiger partial charge on any atom is -0.480 e. The lowest BCUT2D eigenvalue weighted by molar-refractivity contribution is -0.143. The highest BCUT2D eigenvalue weighted by Gasteiger charge is 2.20. The molecular formula is C12H22N2O5. The van der Waals surface area contributed by atoms with E-state index in [1.807, 2.05) is 27.7 Å². The summed E-state index contributed by atoms with van der Waals surface area (Å²) >= 11 is 0. The van der Waals surface area contributed by atoms with Gasteiger partial charge in [-0.15, -0.1) is 0 Å². The van der Waals surface area contributed by atoms with E-state index in [4.69, 9.17) is 5.11 Å². The fraction of sp³-hybridized carbons (Fsp3) is 0.750. The molecule has 0 aliphatic heterocycles. The van der Waals surface area contributed by atoms with Crippen molar-refractivity contribution in [1.82, 2.24) is 10.2 Å². The van der Waals surface area contributed by atoms with Crippen molar-refractivity contribution in [3.8, 4) is 0 Å². The Morgan fingerprint density at radius 3 is 2.16 bits per heavy atom. The third-order valence-corrected chi connectivity index (χ3v) is 2.15. The molecule has 0 radical (unpaired) electrons. The Kier molecular flexibility index (Phi) is 7.74. The van der Waals surface area contributed by atoms with Crippen LogP contribution in [0.2, 0.25) is 0 Å². The second-order valence-electron chi connectivity index (χ2n) is 4.88. The number of carbonyl (C=O) groups excluding carboxylic acids is 2. The fourth-order valence-corrected chi connectivity index (χ4v) is 1.38. The van der Waals surface area contributed by atoms with Crippen LogP contribution in [0.25, 0.3) is 0 Å². The van der Waals surface area contributed by atoms with Gasteiger partial charge < -0.3 is 14.7 Å². The van der Waals surface area contributed by atoms with Crippen molar-refractivity contribution < 1.29 is 24.2 Å². The number of hydrogen-bond donors (Lipinski definition) is 2. The summed E-state index contributed by atoms with van der Waals surface area (Å²) in [5, 5.41) is 10.5. The summed E-state index contributed by atoms with van der Waals surface area (Å²) in [5.41, 5.74) is 0. The molecule has 0 saturated heterocycles. The van der Waals surface area contributed by atoms with Crippen LogP contribution in [0.15, 0.2) is 0 Å². The van der Waals surface area contributed by atoms with Crippen LogP contribution in [0.4, 0.5) is 4.79 Å². The van der Waals surface area contributed by atoms with Crippen molar-refractivity contribution in [1.29, 1.82) is 0 Å². The van der Waals surface area contributed by atoms with Crippen LogP contribution in [0.3, 0.4) is 0 Å². The molecule has 7 nitrogen and oxygen atoms in total. The van der Waals surface area contributed by atoms with Gasteiger partial charge >= 0.3 is 12.0 Å². The molecule has 7 heteroatoms. The minimum absolute atomic E-state index is 0.0323. The zero-order chi connectivity index (χ0) is 15.0. The van der Waals surface area contributed by atoms with Gasteiger partial charge in [-0.05, 0) is 19.8 Å². The predicted molar refractivity (Wildman–Crippen MR) is 68.7 cm³/mol. The maximum atomic E-state index is 11.8. The van der Waals surface area contributed by atoms with Crippen LogP contribution in [0, 0.1) is 5.92 Å². The molecule has 0 atom stereocenters. The molecule has 0 spiro atoms. The van der Waals surface area contributed by atoms with Crippen molar-refractivity contribution in [3.63, 3.8) is 0 Å². The van der Waals surface area contributed by atoms with E-state index in [1.54, 1.807) is 4.90 Å². The number of aliphatic carboxylic acids is 1. The summed E-state index contributed by atoms with van der Waals surface area (Å²) in [7, 11) is 0. The molecule has 0 aliphatic carbocycles. The first-order valence-corrected chi connectivity index (χ1v) is 6.14. The normalized spacial score (nSPS) is 10.6. The van der Waals surface area contributed by atoms with E-state index in [-0.39, 0.29) is 12.0 Å². The van der Waals surface area contributed by atoms with Crippen LogP contribution >= 0.6 is 0 Å². The van der Waals surface area contributed by atoms with Gasteiger partial charge in [-0.1, -0.05) is 13.8 Å². The Bertz CT molecular complexity index is 328. The third-order valence-electron chi connectivity index (χ3n) is 2.15. The van der Waals surface area contributed by atoms with Gasteiger partial charge in [-0.25, -0.2) is 9.59 Å². The fourth-order valence-electron chi connectivity index (χ4n) is 1.38. The molecule has 0 rings (SSSR count). The molecule has 19 heavy (non-hydrogen) atoms. The van der Waals surface area contributed by atoms with E-state index in [1.165, 1.54) is 0 Å². The number of carbonyl (C=O) groups is 3. The van der Waals surface area contributed by atoms with Gasteiger partial charge in [0.15, 0.2) is 0 Å². The molecule has 0 saturated carbocycles. The van der Waals surface area contributed by atoms with Gasteiger partial charge in [0.05, 0.1) is 0 Å². The van der Waals surface area contributed by atoms with E-state index in [0.717, 1.165) is 0 Å². The second kappa shape index (κ2) is 8.47. The number of imide groups is 1. The van der Waals surface area contributed by atoms with Gasteiger partial charge in [-0.2, -0.15) is 0 Å². The number of nitrogens with one attached hydrogen (secondary N) is 1. The molecule has 2 N–H and O–H groups in total. The first-order valence-electron chi connectivity index (χ1n) is 6.14. The van der Waals surface area contributed by atoms with Gasteiger partial charge in [0.2, 0.25) is 0 Å². The van der Waals surface area contributed by atoms with Crippen LogP contribution in [0.5, 0.6) is 0 Å². The Labute approximate surface area is 112 Å². The lowest BCUT2D eigenvalue weighted by Crippen LogP contribution is -2.48. The van der Waals surface area contributed by atoms with Crippen molar-refractivity contribution in [2.45, 2.75) is 33.7 Å². The summed E-state index contributed by atoms with van der Waals surface area (Å²) in [6.07, 6.45) is 0. The molecule has 0 aromatic heterocycles. The molecule has 0 aromatic carbocycles. The maximum absolute atomic E-state index is 11.8. The maximum Gasteiger partial charge on any atom is 0.329 e. The van der Waals surface area contributed by atoms with Gasteiger partial charge in [0, 0.05) is 12.6 Å². The number of amides is 3. The number of carboxylic acids is 1. The van der Waals surface area contributed by atoms with Gasteiger partial charge in [0.1, 0.15) is 13.2 Å². The molecular weight excluding hydrogens is 252 g/mol. The first kappa shape index (κ1) is 17.4. The number of hydrogen-bond acceptors (Lipinski definition) is 4. The van der Waals surface area contributed by atoms with E-state index < -0.39 is 31.1 Å². The zero-order valence-electron chi connectivity index (χ0n) is 11.8. The summed E-state index contributed by atoms with van der Waals surface area (Å²) in [4.78, 5) is 35.0. The number of carboxylic acid groups (broad SMARTS) is 1. The average molecular weight is 274 g/mol. The van der Waals surface area contributed by atoms with Crippen molar-refractivity contribution >= 4 is 17.9 Å². The number of rotatable bonds is 7. The largest absolute Gasteiger partial charge is 0.480 e. The average Bonchev–Trinajstić information content (AvgIpc) is 2.24. The van der Waals surface area contributed by atoms with Crippen molar-refractivity contribution in [2.24, 2.45) is 5.92 Å². The molecule has 110 valence electrons. The minimum atomic E-state index is -1.16. The smallest absolute Gasteiger partial charge is 0.329 e. The van der Waals surface area contributed by atoms with E-state index in [0.29, 0.717) is 6.54 Å². The van der Waals surface area contributed by atoms with E-state index in [2.05, 4.69) is 10.1 Å². The molecule has 0 heterocycles. The van der Waals surface area contributed by atoms with Crippen LogP contribution < -0.4 is 5.32 Å². The number of ether oxygens (including phenoxy) is 1. The Morgan fingerprint density at radius 1 is 1.16 bits per heavy atom. The number of urea groups is 1. The Morgan fingerprint density at radius 2 is 1.74 bits per heavy atom. The lowest BCUT2D eigenvalue weighted by atomic mass is 10.2. The van der Waals surface area contributed by atoms with Crippen LogP contribution in [-0.2, 0) is 14.3 Å². The second-order valence-corrected chi connectivity index (χ2v) is 4.88. The van der Waals surface area contributed by atoms with Crippen LogP contribution in [-0.4, -0.2) is 53.7 Å². The quantitative estimate of drug-likeness (QED) is 0.712. The lowest BCUT2D eigenvalue weighted by Gasteiger charge is -2.28. The SMILES string of the molecule is CC(C)CN(C(=O)NC(=O)COCC(=O)O)C(C)C. The molecule has 3 amide bonds. The standard InChI is InChI=1S/C12H22N2O5/c1-8(2)5-14(9(3)4)12(18)13-10(15)6-19-7-11(16)17/h8-9H,5-7H2,1-4H3,(H,16,17)(H,13,15,18). The Hall–Kier alpha value is -1.63. The summed E-state index contributed by atoms with van der Waals surface area (Å²) in [6, 6.07) is -0.525. The molecule has 0 bridgehead atoms. The highest BCUT2D eigenvalue weighted by molar-refractivity contribution is 5.95. The van der Waals surface area contributed by atoms with Gasteiger partial charge in [0.25, 0.3) is 5.91 Å². The van der Waals surface area contributed by atoms with Gasteiger partial charge in [-0.3, -0.25) is 10.1 Å². The molecule has 0 aromatic rings. The highest BCUT2D eigenvalue weighted by Crippen LogP contribution is 2.04. The number of nitrogens with zero attached hydrogens (tertiary/aromatic N) is 1. The van der Waals surface area contributed by atoms with Crippen molar-refractivity contribution in [3.05, 3.63) is 0 Å². The summed E-state index contributed by atoms with van der Waals surface area (Å²) < 4.78 is 4.60. The third kappa shape index (κ3) is 8.15. The summed E-state index contributed by atoms with van der Waals surface area (Å²) in [6.45, 7) is 7.17. The topological polar surface area (TPSA) is 95.9 Å². The monoisotopic (exact) mass is 274 g/mol. The highest BCUT2D eigenvalue weighted by atomic mass is 16.5. The van der Waals surface area contributed by atoms with E-state index >= 15 is 0 Å². The zero-order valence-corrected chi connectivity index (χ0v) is 11.8.